The lowest BCUT2D eigenvalue weighted by molar-refractivity contribution is 0.530. The summed E-state index contributed by atoms with van der Waals surface area (Å²) in [5, 5.41) is 9.38. The third-order valence-corrected chi connectivity index (χ3v) is 3.62. The van der Waals surface area contributed by atoms with Crippen LogP contribution in [0.5, 0.6) is 0 Å². The first kappa shape index (κ1) is 12.1. The Balaban J connectivity index is 1.93. The fraction of sp³-hybridized carbons (Fsp3) is 0.154. The van der Waals surface area contributed by atoms with E-state index in [4.69, 9.17) is 21.3 Å². The van der Waals surface area contributed by atoms with E-state index in [1.54, 1.807) is 30.2 Å². The molecule has 0 saturated carbocycles. The first-order valence-electron chi connectivity index (χ1n) is 5.08. The molecule has 2 rings (SSSR count). The molecule has 0 amide bonds. The average Bonchev–Trinajstić information content (AvgIpc) is 2.84. The lowest BCUT2D eigenvalue weighted by Gasteiger charge is -2.03. The van der Waals surface area contributed by atoms with Crippen molar-refractivity contribution in [2.75, 3.05) is 0 Å². The van der Waals surface area contributed by atoms with Crippen LogP contribution >= 0.6 is 23.4 Å². The second-order valence-corrected chi connectivity index (χ2v) is 4.88. The van der Waals surface area contributed by atoms with Crippen LogP contribution in [0.4, 0.5) is 0 Å². The van der Waals surface area contributed by atoms with E-state index >= 15 is 0 Å². The molecule has 2 nitrogen and oxygen atoms in total. The van der Waals surface area contributed by atoms with E-state index in [0.29, 0.717) is 10.6 Å². The van der Waals surface area contributed by atoms with Gasteiger partial charge in [-0.1, -0.05) is 17.7 Å². The molecule has 86 valence electrons. The molecule has 0 radical (unpaired) electrons. The lowest BCUT2D eigenvalue weighted by Crippen LogP contribution is -1.85. The summed E-state index contributed by atoms with van der Waals surface area (Å²) in [7, 11) is 0. The summed E-state index contributed by atoms with van der Waals surface area (Å²) in [4.78, 5) is 0. The molecule has 4 heteroatoms. The predicted octanol–water partition coefficient (Wildman–Crippen LogP) is 4.24. The lowest BCUT2D eigenvalue weighted by atomic mass is 10.2. The van der Waals surface area contributed by atoms with Crippen molar-refractivity contribution in [3.8, 4) is 6.07 Å². The summed E-state index contributed by atoms with van der Waals surface area (Å²) in [6.07, 6.45) is 1.67. The summed E-state index contributed by atoms with van der Waals surface area (Å²) in [5.41, 5.74) is 1.64. The van der Waals surface area contributed by atoms with E-state index in [0.717, 1.165) is 22.8 Å². The fourth-order valence-corrected chi connectivity index (χ4v) is 2.66. The van der Waals surface area contributed by atoms with E-state index < -0.39 is 0 Å². The molecule has 0 bridgehead atoms. The van der Waals surface area contributed by atoms with Crippen molar-refractivity contribution in [3.63, 3.8) is 0 Å². The van der Waals surface area contributed by atoms with Crippen molar-refractivity contribution in [1.29, 1.82) is 5.26 Å². The molecule has 0 spiro atoms. The van der Waals surface area contributed by atoms with Crippen LogP contribution in [0.1, 0.15) is 16.9 Å². The molecule has 0 N–H and O–H groups in total. The van der Waals surface area contributed by atoms with E-state index in [9.17, 15) is 0 Å². The highest BCUT2D eigenvalue weighted by Gasteiger charge is 2.03. The van der Waals surface area contributed by atoms with Gasteiger partial charge in [-0.25, -0.2) is 0 Å². The molecule has 1 aromatic carbocycles. The minimum absolute atomic E-state index is 0.592. The van der Waals surface area contributed by atoms with Crippen molar-refractivity contribution in [3.05, 3.63) is 58.5 Å². The van der Waals surface area contributed by atoms with Crippen LogP contribution in [0.3, 0.4) is 0 Å². The van der Waals surface area contributed by atoms with Gasteiger partial charge in [0.25, 0.3) is 0 Å². The molecule has 0 unspecified atom stereocenters. The highest BCUT2D eigenvalue weighted by atomic mass is 35.5. The van der Waals surface area contributed by atoms with E-state index in [-0.39, 0.29) is 0 Å². The number of benzene rings is 1. The Hall–Kier alpha value is -1.37. The average molecular weight is 264 g/mol. The summed E-state index contributed by atoms with van der Waals surface area (Å²) in [6, 6.07) is 11.3. The van der Waals surface area contributed by atoms with Crippen LogP contribution in [0, 0.1) is 11.3 Å². The highest BCUT2D eigenvalue weighted by molar-refractivity contribution is 7.97. The quantitative estimate of drug-likeness (QED) is 0.828. The maximum atomic E-state index is 8.73. The molecule has 0 aliphatic rings. The van der Waals surface area contributed by atoms with Crippen molar-refractivity contribution in [1.82, 2.24) is 0 Å². The molecule has 0 aliphatic carbocycles. The Morgan fingerprint density at radius 2 is 2.18 bits per heavy atom. The molecule has 1 aromatic heterocycles. The van der Waals surface area contributed by atoms with Gasteiger partial charge < -0.3 is 4.42 Å². The third kappa shape index (κ3) is 3.29. The smallest absolute Gasteiger partial charge is 0.113 e. The standard InChI is InChI=1S/C13H10ClNOS/c14-13-6-10(7-15)3-4-11(13)8-17-9-12-2-1-5-16-12/h1-6H,8-9H2. The third-order valence-electron chi connectivity index (χ3n) is 2.26. The van der Waals surface area contributed by atoms with Gasteiger partial charge in [0.1, 0.15) is 5.76 Å². The van der Waals surface area contributed by atoms with E-state index in [1.165, 1.54) is 0 Å². The minimum atomic E-state index is 0.592. The summed E-state index contributed by atoms with van der Waals surface area (Å²) >= 11 is 7.81. The fourth-order valence-electron chi connectivity index (χ4n) is 1.39. The van der Waals surface area contributed by atoms with Crippen LogP contribution in [0.25, 0.3) is 0 Å². The molecular formula is C13H10ClNOS. The molecule has 2 aromatic rings. The first-order chi connectivity index (χ1) is 8.29. The van der Waals surface area contributed by atoms with E-state index in [2.05, 4.69) is 6.07 Å². The SMILES string of the molecule is N#Cc1ccc(CSCc2ccco2)c(Cl)c1. The zero-order valence-electron chi connectivity index (χ0n) is 9.02. The van der Waals surface area contributed by atoms with E-state index in [1.807, 2.05) is 18.2 Å². The Labute approximate surface area is 109 Å². The highest BCUT2D eigenvalue weighted by Crippen LogP contribution is 2.24. The Kier molecular flexibility index (Phi) is 4.13. The van der Waals surface area contributed by atoms with Crippen LogP contribution in [-0.2, 0) is 11.5 Å². The van der Waals surface area contributed by atoms with Crippen LogP contribution < -0.4 is 0 Å². The van der Waals surface area contributed by atoms with Crippen LogP contribution in [0.2, 0.25) is 5.02 Å². The topological polar surface area (TPSA) is 36.9 Å². The number of thioether (sulfide) groups is 1. The van der Waals surface area contributed by atoms with Gasteiger partial charge >= 0.3 is 0 Å². The predicted molar refractivity (Wildman–Crippen MR) is 69.9 cm³/mol. The maximum absolute atomic E-state index is 8.73. The largest absolute Gasteiger partial charge is 0.468 e. The first-order valence-corrected chi connectivity index (χ1v) is 6.61. The summed E-state index contributed by atoms with van der Waals surface area (Å²) in [6.45, 7) is 0. The summed E-state index contributed by atoms with van der Waals surface area (Å²) < 4.78 is 5.24. The van der Waals surface area contributed by atoms with Crippen LogP contribution in [0.15, 0.2) is 41.0 Å². The van der Waals surface area contributed by atoms with Crippen LogP contribution in [-0.4, -0.2) is 0 Å². The number of hydrogen-bond donors (Lipinski definition) is 0. The molecule has 0 aliphatic heterocycles. The monoisotopic (exact) mass is 263 g/mol. The Bertz CT molecular complexity index is 531. The van der Waals surface area contributed by atoms with Crippen molar-refractivity contribution >= 4 is 23.4 Å². The van der Waals surface area contributed by atoms with Gasteiger partial charge in [-0.2, -0.15) is 5.26 Å². The van der Waals surface area contributed by atoms with Crippen molar-refractivity contribution < 1.29 is 4.42 Å². The zero-order valence-corrected chi connectivity index (χ0v) is 10.6. The Morgan fingerprint density at radius 1 is 1.29 bits per heavy atom. The maximum Gasteiger partial charge on any atom is 0.113 e. The molecular weight excluding hydrogens is 254 g/mol. The van der Waals surface area contributed by atoms with Gasteiger partial charge in [0.2, 0.25) is 0 Å². The number of furan rings is 1. The zero-order chi connectivity index (χ0) is 12.1. The molecule has 0 saturated heterocycles. The van der Waals surface area contributed by atoms with Gasteiger partial charge in [-0.15, -0.1) is 11.8 Å². The Morgan fingerprint density at radius 3 is 2.82 bits per heavy atom. The van der Waals surface area contributed by atoms with Gasteiger partial charge in [0.15, 0.2) is 0 Å². The number of hydrogen-bond acceptors (Lipinski definition) is 3. The molecule has 0 atom stereocenters. The second kappa shape index (κ2) is 5.81. The van der Waals surface area contributed by atoms with Gasteiger partial charge in [0, 0.05) is 10.8 Å². The number of halogens is 1. The van der Waals surface area contributed by atoms with Crippen molar-refractivity contribution in [2.24, 2.45) is 0 Å². The van der Waals surface area contributed by atoms with Crippen molar-refractivity contribution in [2.45, 2.75) is 11.5 Å². The summed E-state index contributed by atoms with van der Waals surface area (Å²) in [5.74, 6) is 2.59. The number of rotatable bonds is 4. The number of nitrogens with zero attached hydrogens (tertiary/aromatic N) is 1. The minimum Gasteiger partial charge on any atom is -0.468 e. The van der Waals surface area contributed by atoms with Gasteiger partial charge in [-0.05, 0) is 29.8 Å². The molecule has 0 fully saturated rings. The van der Waals surface area contributed by atoms with Gasteiger partial charge in [-0.3, -0.25) is 0 Å². The van der Waals surface area contributed by atoms with Gasteiger partial charge in [0.05, 0.1) is 23.6 Å². The molecule has 1 heterocycles. The molecule has 17 heavy (non-hydrogen) atoms. The second-order valence-electron chi connectivity index (χ2n) is 3.49. The number of nitriles is 1. The normalized spacial score (nSPS) is 10.1.